The van der Waals surface area contributed by atoms with E-state index in [-0.39, 0.29) is 0 Å². The van der Waals surface area contributed by atoms with Crippen molar-refractivity contribution in [3.63, 3.8) is 0 Å². The van der Waals surface area contributed by atoms with Gasteiger partial charge in [-0.1, -0.05) is 11.6 Å². The van der Waals surface area contributed by atoms with Gasteiger partial charge in [-0.15, -0.1) is 0 Å². The maximum atomic E-state index is 10.7. The van der Waals surface area contributed by atoms with Gasteiger partial charge in [-0.3, -0.25) is 0 Å². The minimum Gasteiger partial charge on any atom is -0.493 e. The van der Waals surface area contributed by atoms with Crippen molar-refractivity contribution in [1.29, 1.82) is 0 Å². The second kappa shape index (κ2) is 4.97. The lowest BCUT2D eigenvalue weighted by Crippen LogP contribution is -2.44. The van der Waals surface area contributed by atoms with E-state index in [0.29, 0.717) is 6.42 Å². The summed E-state index contributed by atoms with van der Waals surface area (Å²) in [6.45, 7) is 2.62. The molecule has 0 radical (unpaired) electrons. The Morgan fingerprint density at radius 1 is 1.37 bits per heavy atom. The van der Waals surface area contributed by atoms with Gasteiger partial charge in [0.1, 0.15) is 5.75 Å². The van der Waals surface area contributed by atoms with E-state index in [1.165, 1.54) is 5.56 Å². The minimum absolute atomic E-state index is 0.614. The van der Waals surface area contributed by atoms with Gasteiger partial charge in [0, 0.05) is 31.0 Å². The minimum atomic E-state index is -0.614. The van der Waals surface area contributed by atoms with Crippen molar-refractivity contribution < 1.29 is 9.84 Å². The van der Waals surface area contributed by atoms with E-state index >= 15 is 0 Å². The first-order valence-corrected chi connectivity index (χ1v) is 7.29. The molecule has 1 fully saturated rings. The van der Waals surface area contributed by atoms with Crippen LogP contribution in [0.15, 0.2) is 12.1 Å². The molecular formula is C15H20ClNO2. The highest BCUT2D eigenvalue weighted by Crippen LogP contribution is 2.36. The fourth-order valence-corrected chi connectivity index (χ4v) is 3.31. The molecule has 19 heavy (non-hydrogen) atoms. The number of halogens is 1. The van der Waals surface area contributed by atoms with E-state index in [9.17, 15) is 5.11 Å². The summed E-state index contributed by atoms with van der Waals surface area (Å²) in [7, 11) is 2.10. The largest absolute Gasteiger partial charge is 0.493 e. The molecule has 1 saturated heterocycles. The Labute approximate surface area is 119 Å². The second-order valence-electron chi connectivity index (χ2n) is 5.86. The molecule has 2 heterocycles. The number of nitrogens with zero attached hydrogens (tertiary/aromatic N) is 1. The Bertz CT molecular complexity index is 481. The lowest BCUT2D eigenvalue weighted by molar-refractivity contribution is -0.0153. The Morgan fingerprint density at radius 3 is 2.84 bits per heavy atom. The number of hydrogen-bond donors (Lipinski definition) is 1. The summed E-state index contributed by atoms with van der Waals surface area (Å²) in [6.07, 6.45) is 3.18. The topological polar surface area (TPSA) is 32.7 Å². The number of ether oxygens (including phenoxy) is 1. The van der Waals surface area contributed by atoms with Crippen LogP contribution in [0.2, 0.25) is 5.02 Å². The molecule has 0 aromatic heterocycles. The normalized spacial score (nSPS) is 22.1. The molecule has 3 nitrogen and oxygen atoms in total. The van der Waals surface area contributed by atoms with Crippen LogP contribution in [0.25, 0.3) is 0 Å². The van der Waals surface area contributed by atoms with Crippen LogP contribution in [0.1, 0.15) is 24.0 Å². The van der Waals surface area contributed by atoms with Crippen LogP contribution in [-0.4, -0.2) is 42.4 Å². The lowest BCUT2D eigenvalue weighted by atomic mass is 9.85. The summed E-state index contributed by atoms with van der Waals surface area (Å²) >= 11 is 6.17. The Kier molecular flexibility index (Phi) is 3.46. The second-order valence-corrected chi connectivity index (χ2v) is 6.29. The highest BCUT2D eigenvalue weighted by molar-refractivity contribution is 6.30. The van der Waals surface area contributed by atoms with E-state index in [1.807, 2.05) is 12.1 Å². The first-order valence-electron chi connectivity index (χ1n) is 6.91. The van der Waals surface area contributed by atoms with Crippen LogP contribution in [0.4, 0.5) is 0 Å². The van der Waals surface area contributed by atoms with Crippen molar-refractivity contribution in [2.75, 3.05) is 26.7 Å². The first kappa shape index (κ1) is 13.2. The molecule has 0 saturated carbocycles. The number of benzene rings is 1. The molecule has 104 valence electrons. The van der Waals surface area contributed by atoms with Crippen molar-refractivity contribution in [2.45, 2.75) is 31.3 Å². The summed E-state index contributed by atoms with van der Waals surface area (Å²) in [5.74, 6) is 0.955. The molecule has 4 heteroatoms. The molecule has 1 aromatic carbocycles. The van der Waals surface area contributed by atoms with Gasteiger partial charge < -0.3 is 14.7 Å². The van der Waals surface area contributed by atoms with Crippen molar-refractivity contribution in [1.82, 2.24) is 4.90 Å². The van der Waals surface area contributed by atoms with Crippen molar-refractivity contribution in [3.05, 3.63) is 28.3 Å². The quantitative estimate of drug-likeness (QED) is 0.903. The molecule has 2 aliphatic rings. The molecule has 3 rings (SSSR count). The molecule has 0 unspecified atom stereocenters. The third kappa shape index (κ3) is 2.73. The average molecular weight is 282 g/mol. The standard InChI is InChI=1S/C15H20ClNO2/c1-17-5-3-15(18,4-6-17)10-12-9-13(16)8-11-2-7-19-14(11)12/h8-9,18H,2-7,10H2,1H3. The number of likely N-dealkylation sites (tertiary alicyclic amines) is 1. The van der Waals surface area contributed by atoms with Gasteiger partial charge in [0.15, 0.2) is 0 Å². The van der Waals surface area contributed by atoms with Gasteiger partial charge in [-0.05, 0) is 43.1 Å². The molecule has 1 aromatic rings. The fraction of sp³-hybridized carbons (Fsp3) is 0.600. The predicted molar refractivity (Wildman–Crippen MR) is 76.0 cm³/mol. The summed E-state index contributed by atoms with van der Waals surface area (Å²) in [6, 6.07) is 3.92. The van der Waals surface area contributed by atoms with Crippen LogP contribution in [0.3, 0.4) is 0 Å². The maximum absolute atomic E-state index is 10.7. The highest BCUT2D eigenvalue weighted by Gasteiger charge is 2.33. The Morgan fingerprint density at radius 2 is 2.11 bits per heavy atom. The smallest absolute Gasteiger partial charge is 0.126 e. The van der Waals surface area contributed by atoms with E-state index in [1.54, 1.807) is 0 Å². The van der Waals surface area contributed by atoms with E-state index < -0.39 is 5.60 Å². The van der Waals surface area contributed by atoms with Crippen LogP contribution in [0.5, 0.6) is 5.75 Å². The fourth-order valence-electron chi connectivity index (χ4n) is 3.04. The van der Waals surface area contributed by atoms with Crippen LogP contribution >= 0.6 is 11.6 Å². The number of aliphatic hydroxyl groups is 1. The van der Waals surface area contributed by atoms with Crippen LogP contribution in [-0.2, 0) is 12.8 Å². The van der Waals surface area contributed by atoms with Crippen LogP contribution in [0, 0.1) is 0 Å². The molecule has 0 atom stereocenters. The van der Waals surface area contributed by atoms with Crippen molar-refractivity contribution in [3.8, 4) is 5.75 Å². The molecule has 1 N–H and O–H groups in total. The zero-order valence-corrected chi connectivity index (χ0v) is 12.0. The molecule has 0 aliphatic carbocycles. The number of hydrogen-bond acceptors (Lipinski definition) is 3. The van der Waals surface area contributed by atoms with Crippen molar-refractivity contribution in [2.24, 2.45) is 0 Å². The van der Waals surface area contributed by atoms with Gasteiger partial charge >= 0.3 is 0 Å². The third-order valence-electron chi connectivity index (χ3n) is 4.26. The van der Waals surface area contributed by atoms with Crippen molar-refractivity contribution >= 4 is 11.6 Å². The molecular weight excluding hydrogens is 262 g/mol. The van der Waals surface area contributed by atoms with Gasteiger partial charge in [-0.2, -0.15) is 0 Å². The van der Waals surface area contributed by atoms with Gasteiger partial charge in [0.25, 0.3) is 0 Å². The molecule has 0 bridgehead atoms. The van der Waals surface area contributed by atoms with Gasteiger partial charge in [-0.25, -0.2) is 0 Å². The van der Waals surface area contributed by atoms with Gasteiger partial charge in [0.05, 0.1) is 12.2 Å². The monoisotopic (exact) mass is 281 g/mol. The number of rotatable bonds is 2. The molecule has 2 aliphatic heterocycles. The zero-order chi connectivity index (χ0) is 13.5. The SMILES string of the molecule is CN1CCC(O)(Cc2cc(Cl)cc3c2OCC3)CC1. The van der Waals surface area contributed by atoms with Crippen LogP contribution < -0.4 is 4.74 Å². The molecule has 0 amide bonds. The van der Waals surface area contributed by atoms with E-state index in [0.717, 1.165) is 55.3 Å². The van der Waals surface area contributed by atoms with E-state index in [4.69, 9.17) is 16.3 Å². The lowest BCUT2D eigenvalue weighted by Gasteiger charge is -2.36. The average Bonchev–Trinajstić information content (AvgIpc) is 2.81. The van der Waals surface area contributed by atoms with Gasteiger partial charge in [0.2, 0.25) is 0 Å². The summed E-state index contributed by atoms with van der Waals surface area (Å²) in [5, 5.41) is 11.5. The highest BCUT2D eigenvalue weighted by atomic mass is 35.5. The Hall–Kier alpha value is -0.770. The van der Waals surface area contributed by atoms with E-state index in [2.05, 4.69) is 11.9 Å². The summed E-state index contributed by atoms with van der Waals surface area (Å²) < 4.78 is 5.71. The number of fused-ring (bicyclic) bond motifs is 1. The Balaban J connectivity index is 1.83. The zero-order valence-electron chi connectivity index (χ0n) is 11.3. The first-order chi connectivity index (χ1) is 9.06. The number of piperidine rings is 1. The maximum Gasteiger partial charge on any atom is 0.126 e. The third-order valence-corrected chi connectivity index (χ3v) is 4.48. The summed E-state index contributed by atoms with van der Waals surface area (Å²) in [5.41, 5.74) is 1.63. The summed E-state index contributed by atoms with van der Waals surface area (Å²) in [4.78, 5) is 2.26. The molecule has 0 spiro atoms. The predicted octanol–water partition coefficient (Wildman–Crippen LogP) is 2.27.